The number of carbonyl (C=O) groups is 2. The Morgan fingerprint density at radius 2 is 1.78 bits per heavy atom. The lowest BCUT2D eigenvalue weighted by Gasteiger charge is -2.14. The van der Waals surface area contributed by atoms with Crippen LogP contribution in [0.1, 0.15) is 13.3 Å². The fraction of sp³-hybridized carbons (Fsp3) is 0.261. The van der Waals surface area contributed by atoms with Crippen molar-refractivity contribution < 1.29 is 23.8 Å². The Morgan fingerprint density at radius 3 is 2.44 bits per heavy atom. The average molecular weight is 456 g/mol. The van der Waals surface area contributed by atoms with Crippen molar-refractivity contribution in [2.24, 2.45) is 4.99 Å². The van der Waals surface area contributed by atoms with Crippen molar-refractivity contribution >= 4 is 45.7 Å². The van der Waals surface area contributed by atoms with Gasteiger partial charge in [0, 0.05) is 29.6 Å². The van der Waals surface area contributed by atoms with Crippen molar-refractivity contribution in [3.05, 3.63) is 54.2 Å². The van der Waals surface area contributed by atoms with Gasteiger partial charge in [0.25, 0.3) is 0 Å². The Balaban J connectivity index is 1.79. The fourth-order valence-electron chi connectivity index (χ4n) is 2.93. The number of methoxy groups -OCH3 is 3. The third kappa shape index (κ3) is 6.04. The smallest absolute Gasteiger partial charge is 0.311 e. The van der Waals surface area contributed by atoms with Crippen LogP contribution in [-0.4, -0.2) is 43.5 Å². The van der Waals surface area contributed by atoms with Crippen LogP contribution in [0.2, 0.25) is 0 Å². The molecular weight excluding hydrogens is 430 g/mol. The van der Waals surface area contributed by atoms with E-state index in [2.05, 4.69) is 15.6 Å². The van der Waals surface area contributed by atoms with Gasteiger partial charge in [-0.25, -0.2) is 4.99 Å². The van der Waals surface area contributed by atoms with Crippen LogP contribution in [0.4, 0.5) is 17.1 Å². The van der Waals surface area contributed by atoms with E-state index < -0.39 is 5.25 Å². The molecule has 168 valence electrons. The number of nitrogens with zero attached hydrogens (tertiary/aromatic N) is 1. The number of fused-ring (bicyclic) bond motifs is 1. The molecule has 0 aliphatic carbocycles. The summed E-state index contributed by atoms with van der Waals surface area (Å²) >= 11 is 1.29. The third-order valence-electron chi connectivity index (χ3n) is 4.58. The molecule has 0 spiro atoms. The quantitative estimate of drug-likeness (QED) is 0.598. The molecular formula is C23H25N3O5S. The maximum Gasteiger partial charge on any atom is 0.311 e. The first kappa shape index (κ1) is 23.2. The molecule has 3 rings (SSSR count). The Kier molecular flexibility index (Phi) is 7.77. The summed E-state index contributed by atoms with van der Waals surface area (Å²) in [6.07, 6.45) is 1.83. The number of rotatable bonds is 7. The molecule has 2 aromatic carbocycles. The van der Waals surface area contributed by atoms with Crippen molar-refractivity contribution in [3.63, 3.8) is 0 Å². The summed E-state index contributed by atoms with van der Waals surface area (Å²) in [5.74, 6) is 0.573. The number of para-hydroxylation sites is 2. The van der Waals surface area contributed by atoms with Crippen molar-refractivity contribution in [1.29, 1.82) is 0 Å². The van der Waals surface area contributed by atoms with Crippen LogP contribution in [0.3, 0.4) is 0 Å². The number of esters is 1. The van der Waals surface area contributed by atoms with Gasteiger partial charge in [0.2, 0.25) is 5.91 Å². The van der Waals surface area contributed by atoms with E-state index in [-0.39, 0.29) is 18.3 Å². The molecule has 0 saturated carbocycles. The van der Waals surface area contributed by atoms with Crippen LogP contribution in [-0.2, 0) is 14.3 Å². The maximum absolute atomic E-state index is 12.8. The average Bonchev–Trinajstić information content (AvgIpc) is 2.96. The molecule has 1 atom stereocenters. The van der Waals surface area contributed by atoms with E-state index in [1.807, 2.05) is 24.3 Å². The highest BCUT2D eigenvalue weighted by atomic mass is 32.2. The van der Waals surface area contributed by atoms with Gasteiger partial charge in [-0.2, -0.15) is 0 Å². The first-order chi connectivity index (χ1) is 15.4. The number of aliphatic imine (C=N–C) groups is 1. The number of thioether (sulfide) groups is 1. The van der Waals surface area contributed by atoms with Gasteiger partial charge in [0.1, 0.15) is 11.5 Å². The zero-order chi connectivity index (χ0) is 23.1. The summed E-state index contributed by atoms with van der Waals surface area (Å²) in [6, 6.07) is 12.7. The number of anilines is 2. The minimum Gasteiger partial charge on any atom is -0.497 e. The zero-order valence-corrected chi connectivity index (χ0v) is 19.1. The Morgan fingerprint density at radius 1 is 1.09 bits per heavy atom. The normalized spacial score (nSPS) is 13.4. The monoisotopic (exact) mass is 455 g/mol. The third-order valence-corrected chi connectivity index (χ3v) is 5.59. The van der Waals surface area contributed by atoms with Crippen molar-refractivity contribution in [2.45, 2.75) is 18.6 Å². The van der Waals surface area contributed by atoms with Crippen LogP contribution in [0.25, 0.3) is 0 Å². The summed E-state index contributed by atoms with van der Waals surface area (Å²) in [6.45, 7) is 1.79. The molecule has 0 fully saturated rings. The van der Waals surface area contributed by atoms with Gasteiger partial charge in [0.15, 0.2) is 0 Å². The van der Waals surface area contributed by atoms with Gasteiger partial charge in [-0.1, -0.05) is 23.9 Å². The highest BCUT2D eigenvalue weighted by molar-refractivity contribution is 8.15. The molecule has 2 N–H and O–H groups in total. The number of hydrogen-bond acceptors (Lipinski definition) is 8. The lowest BCUT2D eigenvalue weighted by molar-refractivity contribution is -0.139. The van der Waals surface area contributed by atoms with Gasteiger partial charge >= 0.3 is 5.97 Å². The predicted octanol–water partition coefficient (Wildman–Crippen LogP) is 4.37. The Bertz CT molecular complexity index is 1050. The number of nitrogens with one attached hydrogen (secondary N) is 2. The SMILES string of the molecule is COC(=O)CC1=CC(S[C@@H](C)C(=O)Nc2cc(OC)cc(OC)c2)=Nc2ccccc2N1. The van der Waals surface area contributed by atoms with Gasteiger partial charge in [-0.05, 0) is 25.1 Å². The number of benzene rings is 2. The van der Waals surface area contributed by atoms with Crippen LogP contribution >= 0.6 is 11.8 Å². The first-order valence-corrected chi connectivity index (χ1v) is 10.7. The van der Waals surface area contributed by atoms with Gasteiger partial charge in [0.05, 0.1) is 49.4 Å². The van der Waals surface area contributed by atoms with Gasteiger partial charge < -0.3 is 24.8 Å². The van der Waals surface area contributed by atoms with Crippen LogP contribution in [0, 0.1) is 0 Å². The molecule has 1 aliphatic rings. The summed E-state index contributed by atoms with van der Waals surface area (Å²) in [7, 11) is 4.44. The topological polar surface area (TPSA) is 98.3 Å². The van der Waals surface area contributed by atoms with E-state index in [9.17, 15) is 9.59 Å². The van der Waals surface area contributed by atoms with Crippen molar-refractivity contribution in [2.75, 3.05) is 32.0 Å². The van der Waals surface area contributed by atoms with Crippen molar-refractivity contribution in [3.8, 4) is 11.5 Å². The summed E-state index contributed by atoms with van der Waals surface area (Å²) in [4.78, 5) is 29.3. The maximum atomic E-state index is 12.8. The second kappa shape index (κ2) is 10.7. The highest BCUT2D eigenvalue weighted by Crippen LogP contribution is 2.32. The molecule has 0 radical (unpaired) electrons. The molecule has 0 bridgehead atoms. The summed E-state index contributed by atoms with van der Waals surface area (Å²) in [5, 5.41) is 6.25. The van der Waals surface area contributed by atoms with Gasteiger partial charge in [-0.3, -0.25) is 9.59 Å². The van der Waals surface area contributed by atoms with Gasteiger partial charge in [-0.15, -0.1) is 0 Å². The summed E-state index contributed by atoms with van der Waals surface area (Å²) in [5.41, 5.74) is 2.70. The number of amides is 1. The molecule has 2 aromatic rings. The minimum absolute atomic E-state index is 0.0641. The second-order valence-electron chi connectivity index (χ2n) is 6.87. The fourth-order valence-corrected chi connectivity index (χ4v) is 3.82. The number of carbonyl (C=O) groups excluding carboxylic acids is 2. The standard InChI is InChI=1S/C23H25N3O5S/c1-14(23(28)25-15-9-17(29-2)13-18(10-15)30-3)32-21-11-16(12-22(27)31-4)24-19-7-5-6-8-20(19)26-21/h5-11,13-14,24H,12H2,1-4H3,(H,25,28)/t14-/m0/s1. The molecule has 9 heteroatoms. The van der Waals surface area contributed by atoms with Crippen molar-refractivity contribution in [1.82, 2.24) is 0 Å². The Labute approximate surface area is 191 Å². The molecule has 1 aliphatic heterocycles. The lowest BCUT2D eigenvalue weighted by atomic mass is 10.2. The van der Waals surface area contributed by atoms with E-state index in [0.717, 1.165) is 11.4 Å². The molecule has 8 nitrogen and oxygen atoms in total. The van der Waals surface area contributed by atoms with Crippen LogP contribution in [0.5, 0.6) is 11.5 Å². The van der Waals surface area contributed by atoms with E-state index in [4.69, 9.17) is 14.2 Å². The molecule has 1 amide bonds. The molecule has 0 aromatic heterocycles. The number of hydrogen-bond donors (Lipinski definition) is 2. The summed E-state index contributed by atoms with van der Waals surface area (Å²) < 4.78 is 15.3. The second-order valence-corrected chi connectivity index (χ2v) is 8.23. The molecule has 32 heavy (non-hydrogen) atoms. The number of ether oxygens (including phenoxy) is 3. The van der Waals surface area contributed by atoms with E-state index >= 15 is 0 Å². The highest BCUT2D eigenvalue weighted by Gasteiger charge is 2.20. The van der Waals surface area contributed by atoms with Crippen LogP contribution in [0.15, 0.2) is 59.2 Å². The molecule has 0 unspecified atom stereocenters. The first-order valence-electron chi connectivity index (χ1n) is 9.84. The Hall–Kier alpha value is -3.46. The minimum atomic E-state index is -0.466. The largest absolute Gasteiger partial charge is 0.497 e. The molecule has 1 heterocycles. The zero-order valence-electron chi connectivity index (χ0n) is 18.3. The molecule has 0 saturated heterocycles. The van der Waals surface area contributed by atoms with E-state index in [1.165, 1.54) is 18.9 Å². The van der Waals surface area contributed by atoms with E-state index in [1.54, 1.807) is 45.4 Å². The van der Waals surface area contributed by atoms with Crippen LogP contribution < -0.4 is 20.1 Å². The lowest BCUT2D eigenvalue weighted by Crippen LogP contribution is -2.23. The predicted molar refractivity (Wildman–Crippen MR) is 127 cm³/mol. The van der Waals surface area contributed by atoms with E-state index in [0.29, 0.717) is 27.9 Å².